The zero-order chi connectivity index (χ0) is 14.5. The molecule has 1 unspecified atom stereocenters. The molecule has 0 aliphatic carbocycles. The lowest BCUT2D eigenvalue weighted by Crippen LogP contribution is -1.90. The van der Waals surface area contributed by atoms with Crippen molar-refractivity contribution in [3.8, 4) is 11.5 Å². The van der Waals surface area contributed by atoms with Gasteiger partial charge in [0.05, 0.1) is 5.25 Å². The summed E-state index contributed by atoms with van der Waals surface area (Å²) in [7, 11) is 0. The molecule has 0 saturated carbocycles. The van der Waals surface area contributed by atoms with Gasteiger partial charge in [-0.25, -0.2) is 0 Å². The Bertz CT molecular complexity index is 682. The molecule has 0 aliphatic rings. The lowest BCUT2D eigenvalue weighted by atomic mass is 10.2. The molecule has 3 nitrogen and oxygen atoms in total. The van der Waals surface area contributed by atoms with E-state index in [0.717, 1.165) is 11.3 Å². The molecular formula is C17H16N2OS. The number of aromatic nitrogens is 2. The van der Waals surface area contributed by atoms with E-state index in [4.69, 9.17) is 4.42 Å². The van der Waals surface area contributed by atoms with Gasteiger partial charge in [0.15, 0.2) is 0 Å². The van der Waals surface area contributed by atoms with Crippen LogP contribution in [-0.2, 0) is 5.75 Å². The molecule has 0 spiro atoms. The van der Waals surface area contributed by atoms with Crippen LogP contribution in [0.3, 0.4) is 0 Å². The van der Waals surface area contributed by atoms with Crippen LogP contribution in [0.4, 0.5) is 0 Å². The summed E-state index contributed by atoms with van der Waals surface area (Å²) in [6.07, 6.45) is 0. The molecule has 0 saturated heterocycles. The second-order valence-electron chi connectivity index (χ2n) is 4.75. The van der Waals surface area contributed by atoms with Crippen molar-refractivity contribution < 1.29 is 4.42 Å². The molecule has 106 valence electrons. The van der Waals surface area contributed by atoms with Crippen LogP contribution in [0.2, 0.25) is 0 Å². The summed E-state index contributed by atoms with van der Waals surface area (Å²) < 4.78 is 5.78. The molecule has 21 heavy (non-hydrogen) atoms. The average Bonchev–Trinajstić information content (AvgIpc) is 3.04. The largest absolute Gasteiger partial charge is 0.420 e. The van der Waals surface area contributed by atoms with Gasteiger partial charge in [-0.05, 0) is 24.6 Å². The first-order valence-corrected chi connectivity index (χ1v) is 7.92. The third-order valence-electron chi connectivity index (χ3n) is 3.15. The van der Waals surface area contributed by atoms with E-state index in [-0.39, 0.29) is 5.25 Å². The Balaban J connectivity index is 1.66. The Morgan fingerprint density at radius 1 is 0.952 bits per heavy atom. The summed E-state index contributed by atoms with van der Waals surface area (Å²) in [5.74, 6) is 2.19. The molecule has 0 fully saturated rings. The highest BCUT2D eigenvalue weighted by molar-refractivity contribution is 7.98. The maximum absolute atomic E-state index is 5.78. The number of thioether (sulfide) groups is 1. The van der Waals surface area contributed by atoms with Gasteiger partial charge in [-0.3, -0.25) is 0 Å². The lowest BCUT2D eigenvalue weighted by Gasteiger charge is -2.06. The van der Waals surface area contributed by atoms with E-state index in [1.807, 2.05) is 36.4 Å². The van der Waals surface area contributed by atoms with Crippen molar-refractivity contribution in [2.45, 2.75) is 17.9 Å². The van der Waals surface area contributed by atoms with E-state index in [0.29, 0.717) is 11.8 Å². The number of hydrogen-bond donors (Lipinski definition) is 0. The molecule has 0 bridgehead atoms. The standard InChI is InChI=1S/C17H16N2OS/c1-13(21-12-14-8-4-2-5-9-14)16-18-19-17(20-16)15-10-6-3-7-11-15/h2-11,13H,12H2,1H3. The van der Waals surface area contributed by atoms with Crippen molar-refractivity contribution in [3.05, 3.63) is 72.1 Å². The van der Waals surface area contributed by atoms with Gasteiger partial charge in [-0.15, -0.1) is 22.0 Å². The van der Waals surface area contributed by atoms with Gasteiger partial charge in [0.1, 0.15) is 0 Å². The highest BCUT2D eigenvalue weighted by atomic mass is 32.2. The van der Waals surface area contributed by atoms with Crippen molar-refractivity contribution >= 4 is 11.8 Å². The van der Waals surface area contributed by atoms with Crippen molar-refractivity contribution in [2.24, 2.45) is 0 Å². The van der Waals surface area contributed by atoms with E-state index in [2.05, 4.69) is 41.4 Å². The van der Waals surface area contributed by atoms with Crippen LogP contribution in [0.25, 0.3) is 11.5 Å². The minimum atomic E-state index is 0.176. The molecule has 0 aliphatic heterocycles. The fraction of sp³-hybridized carbons (Fsp3) is 0.176. The first-order chi connectivity index (χ1) is 10.3. The third-order valence-corrected chi connectivity index (χ3v) is 4.35. The molecule has 2 aromatic carbocycles. The second-order valence-corrected chi connectivity index (χ2v) is 6.08. The Kier molecular flexibility index (Phi) is 4.36. The summed E-state index contributed by atoms with van der Waals surface area (Å²) in [4.78, 5) is 0. The molecular weight excluding hydrogens is 280 g/mol. The van der Waals surface area contributed by atoms with Gasteiger partial charge in [-0.2, -0.15) is 0 Å². The van der Waals surface area contributed by atoms with Crippen molar-refractivity contribution in [2.75, 3.05) is 0 Å². The lowest BCUT2D eigenvalue weighted by molar-refractivity contribution is 0.509. The van der Waals surface area contributed by atoms with Gasteiger partial charge in [0.25, 0.3) is 0 Å². The first-order valence-electron chi connectivity index (χ1n) is 6.87. The molecule has 0 radical (unpaired) electrons. The molecule has 1 atom stereocenters. The molecule has 0 N–H and O–H groups in total. The van der Waals surface area contributed by atoms with E-state index in [9.17, 15) is 0 Å². The normalized spacial score (nSPS) is 12.2. The monoisotopic (exact) mass is 296 g/mol. The zero-order valence-corrected chi connectivity index (χ0v) is 12.6. The van der Waals surface area contributed by atoms with Crippen LogP contribution in [0.1, 0.15) is 23.6 Å². The van der Waals surface area contributed by atoms with Crippen molar-refractivity contribution in [1.82, 2.24) is 10.2 Å². The first kappa shape index (κ1) is 13.9. The van der Waals surface area contributed by atoms with Gasteiger partial charge >= 0.3 is 0 Å². The Morgan fingerprint density at radius 3 is 2.33 bits per heavy atom. The predicted molar refractivity (Wildman–Crippen MR) is 85.9 cm³/mol. The fourth-order valence-corrected chi connectivity index (χ4v) is 2.84. The van der Waals surface area contributed by atoms with Crippen LogP contribution >= 0.6 is 11.8 Å². The van der Waals surface area contributed by atoms with E-state index in [1.54, 1.807) is 11.8 Å². The fourth-order valence-electron chi connectivity index (χ4n) is 1.96. The maximum atomic E-state index is 5.78. The van der Waals surface area contributed by atoms with Gasteiger partial charge in [-0.1, -0.05) is 48.5 Å². The van der Waals surface area contributed by atoms with Crippen LogP contribution in [0, 0.1) is 0 Å². The smallest absolute Gasteiger partial charge is 0.247 e. The number of nitrogens with zero attached hydrogens (tertiary/aromatic N) is 2. The topological polar surface area (TPSA) is 38.9 Å². The highest BCUT2D eigenvalue weighted by Gasteiger charge is 2.15. The summed E-state index contributed by atoms with van der Waals surface area (Å²) >= 11 is 1.79. The zero-order valence-electron chi connectivity index (χ0n) is 11.8. The van der Waals surface area contributed by atoms with Crippen LogP contribution in [0.15, 0.2) is 65.1 Å². The van der Waals surface area contributed by atoms with Crippen LogP contribution < -0.4 is 0 Å². The highest BCUT2D eigenvalue weighted by Crippen LogP contribution is 2.31. The predicted octanol–water partition coefficient (Wildman–Crippen LogP) is 4.73. The molecule has 1 heterocycles. The Morgan fingerprint density at radius 2 is 1.62 bits per heavy atom. The third kappa shape index (κ3) is 3.52. The molecule has 1 aromatic heterocycles. The van der Waals surface area contributed by atoms with Crippen LogP contribution in [0.5, 0.6) is 0 Å². The SMILES string of the molecule is CC(SCc1ccccc1)c1nnc(-c2ccccc2)o1. The molecule has 0 amide bonds. The quantitative estimate of drug-likeness (QED) is 0.682. The molecule has 3 rings (SSSR count). The number of benzene rings is 2. The van der Waals surface area contributed by atoms with Gasteiger partial charge in [0.2, 0.25) is 11.8 Å². The summed E-state index contributed by atoms with van der Waals surface area (Å²) in [5.41, 5.74) is 2.26. The van der Waals surface area contributed by atoms with Crippen molar-refractivity contribution in [3.63, 3.8) is 0 Å². The van der Waals surface area contributed by atoms with Gasteiger partial charge in [0, 0.05) is 11.3 Å². The van der Waals surface area contributed by atoms with Gasteiger partial charge < -0.3 is 4.42 Å². The maximum Gasteiger partial charge on any atom is 0.247 e. The summed E-state index contributed by atoms with van der Waals surface area (Å²) in [5, 5.41) is 8.48. The summed E-state index contributed by atoms with van der Waals surface area (Å²) in [6, 6.07) is 20.2. The summed E-state index contributed by atoms with van der Waals surface area (Å²) in [6.45, 7) is 2.09. The Labute approximate surface area is 128 Å². The number of hydrogen-bond acceptors (Lipinski definition) is 4. The van der Waals surface area contributed by atoms with E-state index < -0.39 is 0 Å². The minimum Gasteiger partial charge on any atom is -0.420 e. The van der Waals surface area contributed by atoms with Crippen LogP contribution in [-0.4, -0.2) is 10.2 Å². The number of rotatable bonds is 5. The van der Waals surface area contributed by atoms with E-state index >= 15 is 0 Å². The average molecular weight is 296 g/mol. The molecule has 3 aromatic rings. The molecule has 4 heteroatoms. The van der Waals surface area contributed by atoms with E-state index in [1.165, 1.54) is 5.56 Å². The second kappa shape index (κ2) is 6.59. The Hall–Kier alpha value is -2.07. The minimum absolute atomic E-state index is 0.176. The van der Waals surface area contributed by atoms with Crippen molar-refractivity contribution in [1.29, 1.82) is 0 Å².